The van der Waals surface area contributed by atoms with Crippen LogP contribution < -0.4 is 10.6 Å². The second-order valence-electron chi connectivity index (χ2n) is 10.5. The molecule has 1 atom stereocenters. The number of carbonyl (C=O) groups is 1. The van der Waals surface area contributed by atoms with Gasteiger partial charge in [-0.05, 0) is 86.5 Å². The first-order valence-corrected chi connectivity index (χ1v) is 14.0. The molecule has 3 aromatic rings. The number of nitrogens with zero attached hydrogens (tertiary/aromatic N) is 4. The summed E-state index contributed by atoms with van der Waals surface area (Å²) in [6, 6.07) is 15.3. The normalized spacial score (nSPS) is 17.8. The lowest BCUT2D eigenvalue weighted by molar-refractivity contribution is -0.144. The largest absolute Gasteiger partial charge is 0.453 e. The molecule has 0 spiro atoms. The summed E-state index contributed by atoms with van der Waals surface area (Å²) in [7, 11) is 0. The van der Waals surface area contributed by atoms with Crippen LogP contribution in [0.1, 0.15) is 48.2 Å². The van der Waals surface area contributed by atoms with Gasteiger partial charge in [-0.2, -0.15) is 22.8 Å². The van der Waals surface area contributed by atoms with E-state index in [2.05, 4.69) is 25.6 Å². The van der Waals surface area contributed by atoms with Crippen LogP contribution in [0.3, 0.4) is 0 Å². The van der Waals surface area contributed by atoms with Gasteiger partial charge >= 0.3 is 6.18 Å². The Morgan fingerprint density at radius 1 is 1.05 bits per heavy atom. The Hall–Kier alpha value is -4.32. The summed E-state index contributed by atoms with van der Waals surface area (Å²) < 4.78 is 41.4. The standard InChI is InChI=1S/C30H33F3N8O/c31-30(32,33)28-38-29(37-24-11-8-21-9-12-25(13-10-22(21)16-24)40-14-4-5-15-40)41(39-28)26(35)17-23(18-34)27(42)36-19-20-6-2-1-3-7-20/h1-3,6-8,11,16-18,25,34-35H,4-5,9-10,12-15,19H2,(H,36,42)(H,37,38,39)/b23-17+,34-18?,35-26?. The van der Waals surface area contributed by atoms with Gasteiger partial charge < -0.3 is 20.9 Å². The summed E-state index contributed by atoms with van der Waals surface area (Å²) in [6.07, 6.45) is 3.28. The molecule has 1 amide bonds. The molecule has 9 nitrogen and oxygen atoms in total. The van der Waals surface area contributed by atoms with Crippen molar-refractivity contribution in [2.75, 3.05) is 18.4 Å². The minimum atomic E-state index is -4.85. The van der Waals surface area contributed by atoms with Gasteiger partial charge in [0, 0.05) is 24.5 Å². The molecule has 1 saturated heterocycles. The molecule has 2 aromatic carbocycles. The van der Waals surface area contributed by atoms with Gasteiger partial charge in [-0.25, -0.2) is 0 Å². The van der Waals surface area contributed by atoms with Crippen molar-refractivity contribution in [2.24, 2.45) is 0 Å². The zero-order valence-corrected chi connectivity index (χ0v) is 23.0. The molecule has 0 radical (unpaired) electrons. The van der Waals surface area contributed by atoms with Crippen molar-refractivity contribution in [3.05, 3.63) is 82.7 Å². The van der Waals surface area contributed by atoms with Crippen LogP contribution in [0.5, 0.6) is 0 Å². The average Bonchev–Trinajstić information content (AvgIpc) is 3.62. The third-order valence-electron chi connectivity index (χ3n) is 7.71. The van der Waals surface area contributed by atoms with E-state index < -0.39 is 23.7 Å². The molecule has 1 aromatic heterocycles. The number of hydrogen-bond donors (Lipinski definition) is 4. The van der Waals surface area contributed by atoms with Gasteiger partial charge in [0.05, 0.1) is 5.57 Å². The number of alkyl halides is 3. The van der Waals surface area contributed by atoms with E-state index in [1.165, 1.54) is 18.4 Å². The molecule has 1 unspecified atom stereocenters. The highest BCUT2D eigenvalue weighted by atomic mass is 19.4. The van der Waals surface area contributed by atoms with E-state index in [-0.39, 0.29) is 18.1 Å². The van der Waals surface area contributed by atoms with Gasteiger partial charge in [-0.3, -0.25) is 10.2 Å². The van der Waals surface area contributed by atoms with Gasteiger partial charge in [0.15, 0.2) is 5.84 Å². The van der Waals surface area contributed by atoms with Gasteiger partial charge in [0.25, 0.3) is 11.7 Å². The number of allylic oxidation sites excluding steroid dienone is 1. The molecule has 220 valence electrons. The number of carbonyl (C=O) groups excluding carboxylic acids is 1. The molecule has 1 aliphatic heterocycles. The number of nitrogens with one attached hydrogen (secondary N) is 4. The summed E-state index contributed by atoms with van der Waals surface area (Å²) >= 11 is 0. The van der Waals surface area contributed by atoms with E-state index in [9.17, 15) is 18.0 Å². The lowest BCUT2D eigenvalue weighted by Crippen LogP contribution is -2.32. The number of hydrogen-bond acceptors (Lipinski definition) is 7. The molecule has 1 aliphatic carbocycles. The second-order valence-corrected chi connectivity index (χ2v) is 10.5. The van der Waals surface area contributed by atoms with E-state index in [0.717, 1.165) is 62.2 Å². The summed E-state index contributed by atoms with van der Waals surface area (Å²) in [6.45, 7) is 2.46. The molecule has 2 aliphatic rings. The number of halogens is 3. The Balaban J connectivity index is 1.34. The van der Waals surface area contributed by atoms with Crippen LogP contribution in [-0.4, -0.2) is 56.8 Å². The SMILES string of the molecule is N=C/C(=C\C(=N)n1nc(C(F)(F)F)nc1Nc1ccc2c(c1)CCC(N1CCCC1)CC2)C(=O)NCc1ccccc1. The van der Waals surface area contributed by atoms with Crippen LogP contribution >= 0.6 is 0 Å². The number of aryl methyl sites for hydroxylation is 2. The minimum Gasteiger partial charge on any atom is -0.348 e. The van der Waals surface area contributed by atoms with E-state index in [1.54, 1.807) is 6.07 Å². The average molecular weight is 579 g/mol. The maximum Gasteiger partial charge on any atom is 0.453 e. The summed E-state index contributed by atoms with van der Waals surface area (Å²) in [5, 5.41) is 25.2. The molecule has 5 rings (SSSR count). The Labute approximate surface area is 241 Å². The zero-order valence-electron chi connectivity index (χ0n) is 23.0. The van der Waals surface area contributed by atoms with Crippen molar-refractivity contribution < 1.29 is 18.0 Å². The number of amides is 1. The van der Waals surface area contributed by atoms with Gasteiger partial charge in [-0.1, -0.05) is 36.4 Å². The Morgan fingerprint density at radius 3 is 2.45 bits per heavy atom. The predicted molar refractivity (Wildman–Crippen MR) is 154 cm³/mol. The Morgan fingerprint density at radius 2 is 1.76 bits per heavy atom. The lowest BCUT2D eigenvalue weighted by atomic mass is 10.0. The highest BCUT2D eigenvalue weighted by molar-refractivity contribution is 6.16. The smallest absolute Gasteiger partial charge is 0.348 e. The number of rotatable bonds is 8. The highest BCUT2D eigenvalue weighted by Crippen LogP contribution is 2.31. The first-order chi connectivity index (χ1) is 20.2. The zero-order chi connectivity index (χ0) is 29.7. The highest BCUT2D eigenvalue weighted by Gasteiger charge is 2.37. The van der Waals surface area contributed by atoms with E-state index in [4.69, 9.17) is 10.8 Å². The van der Waals surface area contributed by atoms with Crippen LogP contribution in [0, 0.1) is 10.8 Å². The summed E-state index contributed by atoms with van der Waals surface area (Å²) in [5.41, 5.74) is 3.51. The fourth-order valence-corrected chi connectivity index (χ4v) is 5.51. The van der Waals surface area contributed by atoms with Crippen molar-refractivity contribution in [3.63, 3.8) is 0 Å². The van der Waals surface area contributed by atoms with Crippen LogP contribution in [0.2, 0.25) is 0 Å². The lowest BCUT2D eigenvalue weighted by Gasteiger charge is -2.25. The van der Waals surface area contributed by atoms with Gasteiger partial charge in [-0.15, -0.1) is 5.10 Å². The molecule has 1 fully saturated rings. The van der Waals surface area contributed by atoms with Gasteiger partial charge in [0.1, 0.15) is 0 Å². The second kappa shape index (κ2) is 12.7. The molecular weight excluding hydrogens is 545 g/mol. The minimum absolute atomic E-state index is 0.184. The Kier molecular flexibility index (Phi) is 8.81. The monoisotopic (exact) mass is 578 g/mol. The summed E-state index contributed by atoms with van der Waals surface area (Å²) in [5.74, 6) is -2.95. The van der Waals surface area contributed by atoms with Gasteiger partial charge in [0.2, 0.25) is 5.95 Å². The number of aromatic nitrogens is 3. The third-order valence-corrected chi connectivity index (χ3v) is 7.71. The number of benzene rings is 2. The molecule has 2 heterocycles. The molecule has 0 bridgehead atoms. The fourth-order valence-electron chi connectivity index (χ4n) is 5.51. The number of likely N-dealkylation sites (tertiary alicyclic amines) is 1. The fraction of sp³-hybridized carbons (Fsp3) is 0.367. The van der Waals surface area contributed by atoms with E-state index in [0.29, 0.717) is 16.4 Å². The molecule has 0 saturated carbocycles. The van der Waals surface area contributed by atoms with Crippen molar-refractivity contribution >= 4 is 29.6 Å². The Bertz CT molecular complexity index is 1480. The quantitative estimate of drug-likeness (QED) is 0.128. The van der Waals surface area contributed by atoms with Crippen molar-refractivity contribution in [1.29, 1.82) is 10.8 Å². The molecular formula is C30H33F3N8O. The number of fused-ring (bicyclic) bond motifs is 1. The van der Waals surface area contributed by atoms with Crippen molar-refractivity contribution in [3.8, 4) is 0 Å². The molecule has 42 heavy (non-hydrogen) atoms. The predicted octanol–water partition coefficient (Wildman–Crippen LogP) is 5.10. The topological polar surface area (TPSA) is 123 Å². The first kappa shape index (κ1) is 29.2. The molecule has 4 N–H and O–H groups in total. The first-order valence-electron chi connectivity index (χ1n) is 14.0. The maximum absolute atomic E-state index is 13.6. The van der Waals surface area contributed by atoms with Crippen molar-refractivity contribution in [1.82, 2.24) is 25.0 Å². The van der Waals surface area contributed by atoms with E-state index in [1.807, 2.05) is 42.5 Å². The van der Waals surface area contributed by atoms with Crippen LogP contribution in [0.25, 0.3) is 0 Å². The van der Waals surface area contributed by atoms with Crippen molar-refractivity contribution in [2.45, 2.75) is 57.3 Å². The number of anilines is 2. The van der Waals surface area contributed by atoms with E-state index >= 15 is 0 Å². The molecule has 12 heteroatoms. The van der Waals surface area contributed by atoms with Crippen LogP contribution in [0.15, 0.2) is 60.2 Å². The maximum atomic E-state index is 13.6. The van der Waals surface area contributed by atoms with Crippen LogP contribution in [-0.2, 0) is 30.4 Å². The van der Waals surface area contributed by atoms with Crippen LogP contribution in [0.4, 0.5) is 24.8 Å². The summed E-state index contributed by atoms with van der Waals surface area (Å²) in [4.78, 5) is 18.8. The third kappa shape index (κ3) is 6.93.